The van der Waals surface area contributed by atoms with E-state index in [9.17, 15) is 9.18 Å². The van der Waals surface area contributed by atoms with Gasteiger partial charge in [-0.05, 0) is 68.1 Å². The molecule has 0 aromatic heterocycles. The van der Waals surface area contributed by atoms with Gasteiger partial charge in [-0.2, -0.15) is 0 Å². The SMILES string of the molecule is O=C(Nc1cccc(Br)c1)N[C@H]1CC[C@@H](Oc2ccc(F)cc2)CC1. The van der Waals surface area contributed by atoms with E-state index in [1.54, 1.807) is 12.1 Å². The molecule has 1 aliphatic rings. The molecule has 3 rings (SSSR count). The van der Waals surface area contributed by atoms with Crippen LogP contribution in [0.5, 0.6) is 5.75 Å². The molecule has 0 radical (unpaired) electrons. The second-order valence-electron chi connectivity index (χ2n) is 6.15. The molecule has 2 aromatic carbocycles. The summed E-state index contributed by atoms with van der Waals surface area (Å²) in [6.07, 6.45) is 3.55. The lowest BCUT2D eigenvalue weighted by Crippen LogP contribution is -2.41. The quantitative estimate of drug-likeness (QED) is 0.741. The van der Waals surface area contributed by atoms with Crippen LogP contribution in [0.15, 0.2) is 53.0 Å². The average molecular weight is 407 g/mol. The van der Waals surface area contributed by atoms with Crippen LogP contribution < -0.4 is 15.4 Å². The lowest BCUT2D eigenvalue weighted by Gasteiger charge is -2.29. The zero-order chi connectivity index (χ0) is 17.6. The number of rotatable bonds is 4. The molecule has 2 N–H and O–H groups in total. The predicted molar refractivity (Wildman–Crippen MR) is 99.4 cm³/mol. The molecule has 4 nitrogen and oxygen atoms in total. The Balaban J connectivity index is 1.42. The minimum absolute atomic E-state index is 0.108. The van der Waals surface area contributed by atoms with E-state index in [2.05, 4.69) is 26.6 Å². The highest BCUT2D eigenvalue weighted by molar-refractivity contribution is 9.10. The first-order chi connectivity index (χ1) is 12.1. The number of halogens is 2. The number of carbonyl (C=O) groups is 1. The Labute approximate surface area is 154 Å². The zero-order valence-electron chi connectivity index (χ0n) is 13.7. The number of urea groups is 1. The molecule has 1 fully saturated rings. The van der Waals surface area contributed by atoms with Crippen LogP contribution in [0, 0.1) is 5.82 Å². The number of nitrogens with one attached hydrogen (secondary N) is 2. The number of benzene rings is 2. The fourth-order valence-corrected chi connectivity index (χ4v) is 3.35. The molecular weight excluding hydrogens is 387 g/mol. The highest BCUT2D eigenvalue weighted by Crippen LogP contribution is 2.24. The van der Waals surface area contributed by atoms with E-state index in [1.165, 1.54) is 12.1 Å². The van der Waals surface area contributed by atoms with Gasteiger partial charge in [0, 0.05) is 16.2 Å². The van der Waals surface area contributed by atoms with Crippen LogP contribution in [-0.2, 0) is 0 Å². The first kappa shape index (κ1) is 17.7. The van der Waals surface area contributed by atoms with E-state index in [0.29, 0.717) is 5.75 Å². The highest BCUT2D eigenvalue weighted by atomic mass is 79.9. The third kappa shape index (κ3) is 5.46. The van der Waals surface area contributed by atoms with Gasteiger partial charge in [0.15, 0.2) is 0 Å². The Kier molecular flexibility index (Phi) is 5.91. The van der Waals surface area contributed by atoms with Crippen molar-refractivity contribution in [1.82, 2.24) is 5.32 Å². The van der Waals surface area contributed by atoms with Crippen molar-refractivity contribution in [2.24, 2.45) is 0 Å². The Morgan fingerprint density at radius 2 is 1.80 bits per heavy atom. The van der Waals surface area contributed by atoms with Crippen molar-refractivity contribution in [1.29, 1.82) is 0 Å². The van der Waals surface area contributed by atoms with Crippen LogP contribution in [0.1, 0.15) is 25.7 Å². The standard InChI is InChI=1S/C19H20BrFN2O2/c20-13-2-1-3-16(12-13)23-19(24)22-15-6-10-18(11-7-15)25-17-8-4-14(21)5-9-17/h1-5,8-9,12,15,18H,6-7,10-11H2,(H2,22,23,24)/t15-,18+. The van der Waals surface area contributed by atoms with Gasteiger partial charge < -0.3 is 15.4 Å². The molecule has 132 valence electrons. The molecule has 1 saturated carbocycles. The summed E-state index contributed by atoms with van der Waals surface area (Å²) in [5.41, 5.74) is 0.750. The van der Waals surface area contributed by atoms with Crippen LogP contribution in [0.3, 0.4) is 0 Å². The van der Waals surface area contributed by atoms with Gasteiger partial charge in [-0.1, -0.05) is 22.0 Å². The van der Waals surface area contributed by atoms with Gasteiger partial charge in [0.25, 0.3) is 0 Å². The number of amides is 2. The minimum atomic E-state index is -0.267. The Hall–Kier alpha value is -2.08. The molecule has 0 unspecified atom stereocenters. The van der Waals surface area contributed by atoms with E-state index < -0.39 is 0 Å². The van der Waals surface area contributed by atoms with Crippen LogP contribution in [0.25, 0.3) is 0 Å². The lowest BCUT2D eigenvalue weighted by atomic mass is 9.93. The van der Waals surface area contributed by atoms with Crippen LogP contribution in [0.4, 0.5) is 14.9 Å². The fourth-order valence-electron chi connectivity index (χ4n) is 2.95. The van der Waals surface area contributed by atoms with Crippen LogP contribution in [-0.4, -0.2) is 18.2 Å². The number of carbonyl (C=O) groups excluding carboxylic acids is 1. The number of anilines is 1. The molecule has 2 amide bonds. The van der Waals surface area contributed by atoms with E-state index in [4.69, 9.17) is 4.74 Å². The molecule has 1 aliphatic carbocycles. The molecule has 0 bridgehead atoms. The molecule has 0 spiro atoms. The summed E-state index contributed by atoms with van der Waals surface area (Å²) < 4.78 is 19.7. The van der Waals surface area contributed by atoms with Crippen LogP contribution in [0.2, 0.25) is 0 Å². The van der Waals surface area contributed by atoms with Crippen molar-refractivity contribution in [3.8, 4) is 5.75 Å². The lowest BCUT2D eigenvalue weighted by molar-refractivity contribution is 0.141. The van der Waals surface area contributed by atoms with Gasteiger partial charge in [-0.15, -0.1) is 0 Å². The van der Waals surface area contributed by atoms with E-state index in [0.717, 1.165) is 35.8 Å². The Bertz CT molecular complexity index is 716. The van der Waals surface area contributed by atoms with Crippen molar-refractivity contribution in [3.05, 3.63) is 58.8 Å². The first-order valence-corrected chi connectivity index (χ1v) is 9.13. The van der Waals surface area contributed by atoms with Gasteiger partial charge in [-0.3, -0.25) is 0 Å². The van der Waals surface area contributed by atoms with E-state index in [-0.39, 0.29) is 24.0 Å². The summed E-state index contributed by atoms with van der Waals surface area (Å²) in [6, 6.07) is 13.5. The Morgan fingerprint density at radius 1 is 1.08 bits per heavy atom. The zero-order valence-corrected chi connectivity index (χ0v) is 15.3. The predicted octanol–water partition coefficient (Wildman–Crippen LogP) is 5.10. The second-order valence-corrected chi connectivity index (χ2v) is 7.07. The van der Waals surface area contributed by atoms with E-state index in [1.807, 2.05) is 24.3 Å². The van der Waals surface area contributed by atoms with Crippen LogP contribution >= 0.6 is 15.9 Å². The smallest absolute Gasteiger partial charge is 0.319 e. The summed E-state index contributed by atoms with van der Waals surface area (Å²) in [4.78, 5) is 12.1. The monoisotopic (exact) mass is 406 g/mol. The summed E-state index contributed by atoms with van der Waals surface area (Å²) >= 11 is 3.38. The largest absolute Gasteiger partial charge is 0.490 e. The average Bonchev–Trinajstić information content (AvgIpc) is 2.59. The molecule has 0 aliphatic heterocycles. The van der Waals surface area contributed by atoms with E-state index >= 15 is 0 Å². The van der Waals surface area contributed by atoms with Crippen molar-refractivity contribution < 1.29 is 13.9 Å². The van der Waals surface area contributed by atoms with Crippen molar-refractivity contribution in [2.75, 3.05) is 5.32 Å². The topological polar surface area (TPSA) is 50.4 Å². The third-order valence-corrected chi connectivity index (χ3v) is 4.70. The molecule has 0 saturated heterocycles. The number of hydrogen-bond donors (Lipinski definition) is 2. The van der Waals surface area contributed by atoms with Gasteiger partial charge >= 0.3 is 6.03 Å². The summed E-state index contributed by atoms with van der Waals surface area (Å²) in [7, 11) is 0. The number of hydrogen-bond acceptors (Lipinski definition) is 2. The third-order valence-electron chi connectivity index (χ3n) is 4.21. The minimum Gasteiger partial charge on any atom is -0.490 e. The van der Waals surface area contributed by atoms with Crippen molar-refractivity contribution in [2.45, 2.75) is 37.8 Å². The molecule has 6 heteroatoms. The van der Waals surface area contributed by atoms with Gasteiger partial charge in [0.1, 0.15) is 11.6 Å². The fraction of sp³-hybridized carbons (Fsp3) is 0.316. The first-order valence-electron chi connectivity index (χ1n) is 8.34. The molecular formula is C19H20BrFN2O2. The summed E-state index contributed by atoms with van der Waals surface area (Å²) in [5.74, 6) is 0.418. The van der Waals surface area contributed by atoms with Gasteiger partial charge in [-0.25, -0.2) is 9.18 Å². The number of ether oxygens (including phenoxy) is 1. The van der Waals surface area contributed by atoms with Crippen molar-refractivity contribution in [3.63, 3.8) is 0 Å². The maximum atomic E-state index is 12.9. The molecule has 0 heterocycles. The molecule has 25 heavy (non-hydrogen) atoms. The van der Waals surface area contributed by atoms with Gasteiger partial charge in [0.2, 0.25) is 0 Å². The normalized spacial score (nSPS) is 19.9. The maximum Gasteiger partial charge on any atom is 0.319 e. The highest BCUT2D eigenvalue weighted by Gasteiger charge is 2.23. The second kappa shape index (κ2) is 8.34. The molecule has 0 atom stereocenters. The Morgan fingerprint density at radius 3 is 2.48 bits per heavy atom. The maximum absolute atomic E-state index is 12.9. The van der Waals surface area contributed by atoms with Crippen molar-refractivity contribution >= 4 is 27.6 Å². The molecule has 2 aromatic rings. The summed E-state index contributed by atoms with van der Waals surface area (Å²) in [6.45, 7) is 0. The summed E-state index contributed by atoms with van der Waals surface area (Å²) in [5, 5.41) is 5.85. The van der Waals surface area contributed by atoms with Gasteiger partial charge in [0.05, 0.1) is 6.10 Å².